The number of hydrogen-bond acceptors (Lipinski definition) is 2. The van der Waals surface area contributed by atoms with E-state index in [2.05, 4.69) is 10.6 Å². The number of anilines is 1. The van der Waals surface area contributed by atoms with Crippen LogP contribution in [-0.4, -0.2) is 31.4 Å². The van der Waals surface area contributed by atoms with Crippen molar-refractivity contribution in [3.8, 4) is 0 Å². The average Bonchev–Trinajstić information content (AvgIpc) is 3.42. The van der Waals surface area contributed by atoms with Gasteiger partial charge in [0.25, 0.3) is 11.8 Å². The predicted molar refractivity (Wildman–Crippen MR) is 107 cm³/mol. The van der Waals surface area contributed by atoms with Crippen molar-refractivity contribution in [2.75, 3.05) is 18.9 Å². The SMILES string of the molecule is C[NH+](CC(=O)Nc1ccccc1C(=O)NC1CC1)Cc1ccc(Cl)c(Cl)c1. The fraction of sp³-hybridized carbons (Fsp3) is 0.300. The molecule has 2 amide bonds. The minimum absolute atomic E-state index is 0.148. The summed E-state index contributed by atoms with van der Waals surface area (Å²) in [5.41, 5.74) is 2.02. The van der Waals surface area contributed by atoms with Gasteiger partial charge in [-0.15, -0.1) is 0 Å². The van der Waals surface area contributed by atoms with Crippen molar-refractivity contribution in [1.29, 1.82) is 0 Å². The zero-order valence-corrected chi connectivity index (χ0v) is 16.5. The second-order valence-electron chi connectivity index (χ2n) is 6.90. The molecule has 1 fully saturated rings. The van der Waals surface area contributed by atoms with E-state index in [4.69, 9.17) is 23.2 Å². The van der Waals surface area contributed by atoms with E-state index in [1.165, 1.54) is 0 Å². The molecule has 0 saturated heterocycles. The van der Waals surface area contributed by atoms with Gasteiger partial charge >= 0.3 is 0 Å². The zero-order chi connectivity index (χ0) is 19.4. The number of benzene rings is 2. The molecule has 1 aliphatic carbocycles. The summed E-state index contributed by atoms with van der Waals surface area (Å²) in [7, 11) is 1.92. The van der Waals surface area contributed by atoms with Crippen LogP contribution in [0.2, 0.25) is 10.0 Å². The molecule has 1 unspecified atom stereocenters. The van der Waals surface area contributed by atoms with Gasteiger partial charge in [-0.2, -0.15) is 0 Å². The van der Waals surface area contributed by atoms with Gasteiger partial charge < -0.3 is 15.5 Å². The van der Waals surface area contributed by atoms with Crippen molar-refractivity contribution in [3.05, 3.63) is 63.6 Å². The lowest BCUT2D eigenvalue weighted by Gasteiger charge is -2.15. The summed E-state index contributed by atoms with van der Waals surface area (Å²) in [6, 6.07) is 12.8. The van der Waals surface area contributed by atoms with Gasteiger partial charge in [0, 0.05) is 11.6 Å². The van der Waals surface area contributed by atoms with Crippen molar-refractivity contribution in [2.24, 2.45) is 0 Å². The Morgan fingerprint density at radius 3 is 2.56 bits per heavy atom. The summed E-state index contributed by atoms with van der Waals surface area (Å²) in [4.78, 5) is 25.8. The van der Waals surface area contributed by atoms with Gasteiger partial charge in [-0.1, -0.05) is 41.4 Å². The third kappa shape index (κ3) is 5.70. The highest BCUT2D eigenvalue weighted by atomic mass is 35.5. The van der Waals surface area contributed by atoms with Crippen molar-refractivity contribution < 1.29 is 14.5 Å². The molecule has 1 atom stereocenters. The van der Waals surface area contributed by atoms with Crippen LogP contribution >= 0.6 is 23.2 Å². The first-order chi connectivity index (χ1) is 12.9. The molecule has 27 heavy (non-hydrogen) atoms. The van der Waals surface area contributed by atoms with Crippen LogP contribution < -0.4 is 15.5 Å². The summed E-state index contributed by atoms with van der Waals surface area (Å²) in [5, 5.41) is 6.82. The summed E-state index contributed by atoms with van der Waals surface area (Å²) < 4.78 is 0. The second-order valence-corrected chi connectivity index (χ2v) is 7.72. The molecule has 142 valence electrons. The van der Waals surface area contributed by atoms with E-state index in [9.17, 15) is 9.59 Å². The molecule has 2 aromatic carbocycles. The lowest BCUT2D eigenvalue weighted by Crippen LogP contribution is -3.08. The van der Waals surface area contributed by atoms with Crippen LogP contribution in [0.1, 0.15) is 28.8 Å². The molecule has 2 aromatic rings. The van der Waals surface area contributed by atoms with Gasteiger partial charge in [-0.3, -0.25) is 9.59 Å². The average molecular weight is 407 g/mol. The molecule has 1 saturated carbocycles. The van der Waals surface area contributed by atoms with Gasteiger partial charge in [0.15, 0.2) is 6.54 Å². The summed E-state index contributed by atoms with van der Waals surface area (Å²) in [6.07, 6.45) is 2.03. The number of para-hydroxylation sites is 1. The van der Waals surface area contributed by atoms with E-state index in [-0.39, 0.29) is 24.4 Å². The monoisotopic (exact) mass is 406 g/mol. The van der Waals surface area contributed by atoms with Crippen LogP contribution in [0.25, 0.3) is 0 Å². The van der Waals surface area contributed by atoms with E-state index < -0.39 is 0 Å². The Morgan fingerprint density at radius 2 is 1.85 bits per heavy atom. The van der Waals surface area contributed by atoms with E-state index in [0.717, 1.165) is 23.3 Å². The second kappa shape index (κ2) is 8.74. The number of carbonyl (C=O) groups is 2. The van der Waals surface area contributed by atoms with Crippen LogP contribution in [0, 0.1) is 0 Å². The minimum Gasteiger partial charge on any atom is -0.349 e. The van der Waals surface area contributed by atoms with E-state index >= 15 is 0 Å². The molecule has 3 N–H and O–H groups in total. The Hall–Kier alpha value is -2.08. The van der Waals surface area contributed by atoms with E-state index in [0.29, 0.717) is 27.8 Å². The van der Waals surface area contributed by atoms with Gasteiger partial charge in [0.2, 0.25) is 0 Å². The third-order valence-electron chi connectivity index (χ3n) is 4.31. The molecule has 0 radical (unpaired) electrons. The van der Waals surface area contributed by atoms with Gasteiger partial charge in [0.05, 0.1) is 28.3 Å². The molecule has 0 bridgehead atoms. The van der Waals surface area contributed by atoms with Gasteiger partial charge in [0.1, 0.15) is 6.54 Å². The van der Waals surface area contributed by atoms with Crippen molar-refractivity contribution in [3.63, 3.8) is 0 Å². The number of likely N-dealkylation sites (N-methyl/N-ethyl adjacent to an activating group) is 1. The first kappa shape index (κ1) is 19.7. The van der Waals surface area contributed by atoms with Crippen molar-refractivity contribution >= 4 is 40.7 Å². The molecule has 0 heterocycles. The van der Waals surface area contributed by atoms with Crippen LogP contribution in [-0.2, 0) is 11.3 Å². The lowest BCUT2D eigenvalue weighted by atomic mass is 10.1. The fourth-order valence-electron chi connectivity index (χ4n) is 2.81. The van der Waals surface area contributed by atoms with Crippen LogP contribution in [0.15, 0.2) is 42.5 Å². The Kier molecular flexibility index (Phi) is 6.37. The zero-order valence-electron chi connectivity index (χ0n) is 15.0. The number of amides is 2. The number of hydrogen-bond donors (Lipinski definition) is 3. The number of rotatable bonds is 7. The Labute approximate surface area is 168 Å². The van der Waals surface area contributed by atoms with Crippen molar-refractivity contribution in [1.82, 2.24) is 5.32 Å². The Bertz CT molecular complexity index is 853. The molecular formula is C20H22Cl2N3O2+. The smallest absolute Gasteiger partial charge is 0.279 e. The first-order valence-corrected chi connectivity index (χ1v) is 9.63. The predicted octanol–water partition coefficient (Wildman–Crippen LogP) is 2.54. The Balaban J connectivity index is 1.58. The topological polar surface area (TPSA) is 62.6 Å². The van der Waals surface area contributed by atoms with Crippen molar-refractivity contribution in [2.45, 2.75) is 25.4 Å². The maximum absolute atomic E-state index is 12.4. The highest BCUT2D eigenvalue weighted by Crippen LogP contribution is 2.22. The summed E-state index contributed by atoms with van der Waals surface area (Å²) in [5.74, 6) is -0.302. The van der Waals surface area contributed by atoms with Crippen LogP contribution in [0.3, 0.4) is 0 Å². The maximum Gasteiger partial charge on any atom is 0.279 e. The fourth-order valence-corrected chi connectivity index (χ4v) is 3.13. The highest BCUT2D eigenvalue weighted by Gasteiger charge is 2.25. The number of carbonyl (C=O) groups excluding carboxylic acids is 2. The molecular weight excluding hydrogens is 385 g/mol. The number of nitrogens with one attached hydrogen (secondary N) is 3. The van der Waals surface area contributed by atoms with E-state index in [1.807, 2.05) is 19.2 Å². The molecule has 0 aliphatic heterocycles. The Morgan fingerprint density at radius 1 is 1.11 bits per heavy atom. The third-order valence-corrected chi connectivity index (χ3v) is 5.05. The number of quaternary nitrogens is 1. The van der Waals surface area contributed by atoms with Crippen LogP contribution in [0.5, 0.6) is 0 Å². The molecule has 3 rings (SSSR count). The normalized spacial score (nSPS) is 14.5. The van der Waals surface area contributed by atoms with E-state index in [1.54, 1.807) is 30.3 Å². The van der Waals surface area contributed by atoms with Crippen LogP contribution in [0.4, 0.5) is 5.69 Å². The molecule has 0 aromatic heterocycles. The summed E-state index contributed by atoms with van der Waals surface area (Å²) in [6.45, 7) is 0.896. The van der Waals surface area contributed by atoms with Gasteiger partial charge in [-0.25, -0.2) is 0 Å². The molecule has 5 nitrogen and oxygen atoms in total. The quantitative estimate of drug-likeness (QED) is 0.661. The number of halogens is 2. The minimum atomic E-state index is -0.153. The highest BCUT2D eigenvalue weighted by molar-refractivity contribution is 6.42. The largest absolute Gasteiger partial charge is 0.349 e. The lowest BCUT2D eigenvalue weighted by molar-refractivity contribution is -0.885. The summed E-state index contributed by atoms with van der Waals surface area (Å²) >= 11 is 12.0. The first-order valence-electron chi connectivity index (χ1n) is 8.87. The molecule has 0 spiro atoms. The van der Waals surface area contributed by atoms with Gasteiger partial charge in [-0.05, 0) is 37.1 Å². The standard InChI is InChI=1S/C20H21Cl2N3O2/c1-25(11-13-6-9-16(21)17(22)10-13)12-19(26)24-18-5-3-2-4-15(18)20(27)23-14-7-8-14/h2-6,9-10,14H,7-8,11-12H2,1H3,(H,23,27)(H,24,26)/p+1. The maximum atomic E-state index is 12.4. The molecule has 1 aliphatic rings. The molecule has 7 heteroatoms.